The first-order chi connectivity index (χ1) is 12.1. The topological polar surface area (TPSA) is 61.3 Å². The molecule has 0 radical (unpaired) electrons. The molecule has 0 aromatic carbocycles. The molecule has 3 heterocycles. The summed E-state index contributed by atoms with van der Waals surface area (Å²) in [5.41, 5.74) is 1.46. The van der Waals surface area contributed by atoms with E-state index in [4.69, 9.17) is 4.74 Å². The molecule has 0 saturated carbocycles. The van der Waals surface area contributed by atoms with E-state index in [2.05, 4.69) is 14.7 Å². The fraction of sp³-hybridized carbons (Fsp3) is 0.118. The van der Waals surface area contributed by atoms with Crippen molar-refractivity contribution in [2.75, 3.05) is 7.11 Å². The lowest BCUT2D eigenvalue weighted by Gasteiger charge is -2.10. The molecule has 0 aliphatic carbocycles. The van der Waals surface area contributed by atoms with Gasteiger partial charge in [0.15, 0.2) is 0 Å². The molecular weight excluding hydrogens is 350 g/mol. The highest BCUT2D eigenvalue weighted by atomic mass is 32.1. The Hall–Kier alpha value is -2.87. The zero-order valence-electron chi connectivity index (χ0n) is 13.0. The predicted octanol–water partition coefficient (Wildman–Crippen LogP) is 3.85. The largest absolute Gasteiger partial charge is 0.486 e. The van der Waals surface area contributed by atoms with E-state index in [9.17, 15) is 13.6 Å². The van der Waals surface area contributed by atoms with Gasteiger partial charge < -0.3 is 9.47 Å². The van der Waals surface area contributed by atoms with Crippen molar-refractivity contribution < 1.29 is 23.0 Å². The van der Waals surface area contributed by atoms with Gasteiger partial charge >= 0.3 is 5.97 Å². The predicted molar refractivity (Wildman–Crippen MR) is 87.4 cm³/mol. The average Bonchev–Trinajstić information content (AvgIpc) is 3.09. The van der Waals surface area contributed by atoms with Crippen molar-refractivity contribution in [3.05, 3.63) is 64.2 Å². The van der Waals surface area contributed by atoms with Gasteiger partial charge in [-0.15, -0.1) is 11.3 Å². The Balaban J connectivity index is 1.87. The summed E-state index contributed by atoms with van der Waals surface area (Å²) < 4.78 is 37.0. The van der Waals surface area contributed by atoms with Crippen LogP contribution in [0.15, 0.2) is 42.2 Å². The molecule has 0 unspecified atom stereocenters. The molecule has 5 nitrogen and oxygen atoms in total. The fourth-order valence-corrected chi connectivity index (χ4v) is 2.92. The van der Waals surface area contributed by atoms with Crippen LogP contribution in [-0.2, 0) is 11.3 Å². The molecule has 3 rings (SSSR count). The first-order valence-electron chi connectivity index (χ1n) is 7.12. The highest BCUT2D eigenvalue weighted by Gasteiger charge is 2.15. The highest BCUT2D eigenvalue weighted by Crippen LogP contribution is 2.32. The molecular formula is C17H12F2N2O3S. The molecule has 25 heavy (non-hydrogen) atoms. The first kappa shape index (κ1) is 17.0. The summed E-state index contributed by atoms with van der Waals surface area (Å²) in [6.45, 7) is -0.00309. The number of halogens is 2. The lowest BCUT2D eigenvalue weighted by atomic mass is 10.2. The Morgan fingerprint density at radius 2 is 1.96 bits per heavy atom. The van der Waals surface area contributed by atoms with Crippen molar-refractivity contribution in [2.45, 2.75) is 6.61 Å². The van der Waals surface area contributed by atoms with E-state index >= 15 is 0 Å². The van der Waals surface area contributed by atoms with Crippen LogP contribution in [0.5, 0.6) is 5.75 Å². The second kappa shape index (κ2) is 7.35. The van der Waals surface area contributed by atoms with Crippen molar-refractivity contribution >= 4 is 17.3 Å². The number of carbonyl (C=O) groups is 1. The van der Waals surface area contributed by atoms with E-state index in [1.807, 2.05) is 0 Å². The minimum atomic E-state index is -0.570. The lowest BCUT2D eigenvalue weighted by Crippen LogP contribution is -2.00. The van der Waals surface area contributed by atoms with Crippen LogP contribution in [0.2, 0.25) is 0 Å². The van der Waals surface area contributed by atoms with Gasteiger partial charge in [-0.3, -0.25) is 4.98 Å². The highest BCUT2D eigenvalue weighted by molar-refractivity contribution is 7.12. The monoisotopic (exact) mass is 362 g/mol. The number of nitrogens with zero attached hydrogens (tertiary/aromatic N) is 2. The number of hydrogen-bond acceptors (Lipinski definition) is 6. The zero-order valence-corrected chi connectivity index (χ0v) is 13.8. The fourth-order valence-electron chi connectivity index (χ4n) is 2.11. The molecule has 0 saturated heterocycles. The standard InChI is InChI=1S/C17H12F2N2O3S/c1-23-17(22)15-3-11(9-25-15)16-14(4-13(19)7-21-16)24-8-10-2-12(18)6-20-5-10/h2-7,9H,8H2,1H3. The van der Waals surface area contributed by atoms with Crippen LogP contribution < -0.4 is 4.74 Å². The van der Waals surface area contributed by atoms with E-state index in [1.54, 1.807) is 11.4 Å². The van der Waals surface area contributed by atoms with Gasteiger partial charge in [0.1, 0.15) is 34.6 Å². The van der Waals surface area contributed by atoms with Gasteiger partial charge in [-0.05, 0) is 12.1 Å². The molecule has 128 valence electrons. The van der Waals surface area contributed by atoms with Crippen molar-refractivity contribution in [1.82, 2.24) is 9.97 Å². The molecule has 8 heteroatoms. The smallest absolute Gasteiger partial charge is 0.348 e. The van der Waals surface area contributed by atoms with Gasteiger partial charge in [0.25, 0.3) is 0 Å². The van der Waals surface area contributed by atoms with E-state index in [0.717, 1.165) is 12.4 Å². The van der Waals surface area contributed by atoms with Crippen LogP contribution in [0.3, 0.4) is 0 Å². The summed E-state index contributed by atoms with van der Waals surface area (Å²) in [4.78, 5) is 19.7. The maximum atomic E-state index is 13.6. The van der Waals surface area contributed by atoms with E-state index in [0.29, 0.717) is 21.7 Å². The van der Waals surface area contributed by atoms with Gasteiger partial charge in [-0.1, -0.05) is 0 Å². The van der Waals surface area contributed by atoms with E-state index in [1.165, 1.54) is 36.8 Å². The van der Waals surface area contributed by atoms with Gasteiger partial charge in [0.05, 0.1) is 19.5 Å². The van der Waals surface area contributed by atoms with E-state index in [-0.39, 0.29) is 12.4 Å². The molecule has 0 fully saturated rings. The summed E-state index contributed by atoms with van der Waals surface area (Å²) in [5.74, 6) is -1.34. The molecule has 0 N–H and O–H groups in total. The van der Waals surface area contributed by atoms with Crippen LogP contribution in [0.4, 0.5) is 8.78 Å². The molecule has 0 spiro atoms. The minimum absolute atomic E-state index is 0.00309. The third-order valence-corrected chi connectivity index (χ3v) is 4.14. The van der Waals surface area contributed by atoms with Gasteiger partial charge in [-0.2, -0.15) is 0 Å². The Labute approximate surface area is 145 Å². The van der Waals surface area contributed by atoms with Gasteiger partial charge in [-0.25, -0.2) is 18.6 Å². The number of thiophene rings is 1. The number of rotatable bonds is 5. The summed E-state index contributed by atoms with van der Waals surface area (Å²) in [6.07, 6.45) is 3.59. The molecule has 0 aliphatic heterocycles. The third kappa shape index (κ3) is 3.97. The van der Waals surface area contributed by atoms with Crippen molar-refractivity contribution in [1.29, 1.82) is 0 Å². The number of ether oxygens (including phenoxy) is 2. The number of carbonyl (C=O) groups excluding carboxylic acids is 1. The summed E-state index contributed by atoms with van der Waals surface area (Å²) in [5, 5.41) is 1.70. The van der Waals surface area contributed by atoms with Crippen LogP contribution in [0.1, 0.15) is 15.2 Å². The Bertz CT molecular complexity index is 914. The van der Waals surface area contributed by atoms with Crippen LogP contribution in [-0.4, -0.2) is 23.0 Å². The quantitative estimate of drug-likeness (QED) is 0.645. The maximum Gasteiger partial charge on any atom is 0.348 e. The SMILES string of the molecule is COC(=O)c1cc(-c2ncc(F)cc2OCc2cncc(F)c2)cs1. The molecule has 3 aromatic heterocycles. The lowest BCUT2D eigenvalue weighted by molar-refractivity contribution is 0.0606. The van der Waals surface area contributed by atoms with Crippen LogP contribution in [0, 0.1) is 11.6 Å². The maximum absolute atomic E-state index is 13.6. The average molecular weight is 362 g/mol. The summed E-state index contributed by atoms with van der Waals surface area (Å²) in [7, 11) is 1.29. The normalized spacial score (nSPS) is 10.5. The Morgan fingerprint density at radius 3 is 2.72 bits per heavy atom. The van der Waals surface area contributed by atoms with Crippen molar-refractivity contribution in [2.24, 2.45) is 0 Å². The van der Waals surface area contributed by atoms with Crippen LogP contribution >= 0.6 is 11.3 Å². The number of methoxy groups -OCH3 is 1. The molecule has 0 aliphatic rings. The Morgan fingerprint density at radius 1 is 1.16 bits per heavy atom. The van der Waals surface area contributed by atoms with Crippen molar-refractivity contribution in [3.63, 3.8) is 0 Å². The van der Waals surface area contributed by atoms with Gasteiger partial charge in [0, 0.05) is 28.8 Å². The minimum Gasteiger partial charge on any atom is -0.486 e. The Kier molecular flexibility index (Phi) is 4.99. The molecule has 0 amide bonds. The van der Waals surface area contributed by atoms with E-state index < -0.39 is 17.6 Å². The number of hydrogen-bond donors (Lipinski definition) is 0. The first-order valence-corrected chi connectivity index (χ1v) is 8.00. The van der Waals surface area contributed by atoms with Crippen molar-refractivity contribution in [3.8, 4) is 17.0 Å². The number of esters is 1. The summed E-state index contributed by atoms with van der Waals surface area (Å²) in [6, 6.07) is 4.05. The van der Waals surface area contributed by atoms with Crippen LogP contribution in [0.25, 0.3) is 11.3 Å². The molecule has 3 aromatic rings. The second-order valence-corrected chi connectivity index (χ2v) is 5.90. The zero-order chi connectivity index (χ0) is 17.8. The second-order valence-electron chi connectivity index (χ2n) is 4.99. The molecule has 0 atom stereocenters. The third-order valence-electron chi connectivity index (χ3n) is 3.23. The molecule has 0 bridgehead atoms. The summed E-state index contributed by atoms with van der Waals surface area (Å²) >= 11 is 1.18. The van der Waals surface area contributed by atoms with Gasteiger partial charge in [0.2, 0.25) is 0 Å². The number of aromatic nitrogens is 2. The number of pyridine rings is 2.